The van der Waals surface area contributed by atoms with Gasteiger partial charge < -0.3 is 4.90 Å². The van der Waals surface area contributed by atoms with Crippen molar-refractivity contribution in [2.45, 2.75) is 31.6 Å². The average Bonchev–Trinajstić information content (AvgIpc) is 3.22. The Morgan fingerprint density at radius 3 is 2.43 bits per heavy atom. The lowest BCUT2D eigenvalue weighted by Gasteiger charge is -2.27. The second-order valence-electron chi connectivity index (χ2n) is 7.60. The molecule has 0 unspecified atom stereocenters. The summed E-state index contributed by atoms with van der Waals surface area (Å²) < 4.78 is 23.8. The van der Waals surface area contributed by atoms with Gasteiger partial charge in [0.15, 0.2) is 14.6 Å². The van der Waals surface area contributed by atoms with Gasteiger partial charge in [0, 0.05) is 35.8 Å². The number of hydrogen-bond donors (Lipinski definition) is 2. The number of aryl methyl sites for hydroxylation is 1. The maximum Gasteiger partial charge on any atom is 0.328 e. The van der Waals surface area contributed by atoms with Crippen molar-refractivity contribution in [3.63, 3.8) is 0 Å². The van der Waals surface area contributed by atoms with Crippen LogP contribution < -0.4 is 5.48 Å². The lowest BCUT2D eigenvalue weighted by atomic mass is 10.1. The number of hydroxylamine groups is 1. The fourth-order valence-electron chi connectivity index (χ4n) is 3.18. The van der Waals surface area contributed by atoms with Crippen molar-refractivity contribution < 1.29 is 23.2 Å². The van der Waals surface area contributed by atoms with Gasteiger partial charge in [0.25, 0.3) is 5.91 Å². The molecule has 158 valence electrons. The Morgan fingerprint density at radius 1 is 1.23 bits per heavy atom. The fraction of sp³-hybridized carbons (Fsp3) is 0.333. The van der Waals surface area contributed by atoms with E-state index in [0.29, 0.717) is 5.56 Å². The van der Waals surface area contributed by atoms with Gasteiger partial charge in [-0.15, -0.1) is 0 Å². The molecule has 2 aromatic rings. The third-order valence-corrected chi connectivity index (χ3v) is 7.42. The lowest BCUT2D eigenvalue weighted by Crippen LogP contribution is -2.50. The molecule has 0 fully saturated rings. The van der Waals surface area contributed by atoms with Gasteiger partial charge >= 0.3 is 6.03 Å². The number of amides is 2. The quantitative estimate of drug-likeness (QED) is 0.427. The van der Waals surface area contributed by atoms with Gasteiger partial charge in [0.05, 0.1) is 6.54 Å². The first-order valence-electron chi connectivity index (χ1n) is 9.28. The Labute approximate surface area is 175 Å². The van der Waals surface area contributed by atoms with Gasteiger partial charge in [-0.2, -0.15) is 0 Å². The minimum Gasteiger partial charge on any atom is -0.318 e. The van der Waals surface area contributed by atoms with E-state index in [2.05, 4.69) is 11.8 Å². The first kappa shape index (κ1) is 21.6. The molecule has 1 aromatic heterocycles. The molecule has 0 aliphatic carbocycles. The van der Waals surface area contributed by atoms with Crippen molar-refractivity contribution in [1.29, 1.82) is 0 Å². The molecule has 0 spiro atoms. The third-order valence-electron chi connectivity index (χ3n) is 5.39. The number of carbonyl (C=O) groups excluding carboxylic acids is 2. The van der Waals surface area contributed by atoms with Crippen molar-refractivity contribution in [2.75, 3.05) is 12.8 Å². The molecule has 2 N–H and O–H groups in total. The van der Waals surface area contributed by atoms with E-state index in [1.807, 2.05) is 37.3 Å². The van der Waals surface area contributed by atoms with Crippen LogP contribution in [0.15, 0.2) is 36.5 Å². The van der Waals surface area contributed by atoms with Crippen LogP contribution in [0.4, 0.5) is 4.79 Å². The van der Waals surface area contributed by atoms with Crippen LogP contribution >= 0.6 is 0 Å². The van der Waals surface area contributed by atoms with Crippen molar-refractivity contribution >= 4 is 21.8 Å². The molecule has 1 atom stereocenters. The van der Waals surface area contributed by atoms with Crippen LogP contribution in [0, 0.1) is 18.8 Å². The van der Waals surface area contributed by atoms with Crippen LogP contribution in [-0.2, 0) is 21.2 Å². The average molecular weight is 429 g/mol. The van der Waals surface area contributed by atoms with Gasteiger partial charge in [-0.25, -0.2) is 18.7 Å². The molecule has 0 saturated heterocycles. The number of carbonyl (C=O) groups is 2. The largest absolute Gasteiger partial charge is 0.328 e. The Balaban J connectivity index is 1.71. The standard InChI is InChI=1S/C21H23N3O5S/c1-15-4-6-16(7-5-15)8-9-17-12-18-14-23(20(26)24(18)13-17)11-10-21(2,19(25)22-27)30(3,28)29/h4-7,12-13,27H,10-11,14H2,1-3H3,(H,22,25)/t21-/m1/s1. The predicted octanol–water partition coefficient (Wildman–Crippen LogP) is 1.68. The van der Waals surface area contributed by atoms with Gasteiger partial charge in [-0.05, 0) is 38.5 Å². The van der Waals surface area contributed by atoms with Crippen molar-refractivity contribution in [2.24, 2.45) is 0 Å². The first-order valence-corrected chi connectivity index (χ1v) is 11.2. The summed E-state index contributed by atoms with van der Waals surface area (Å²) in [6, 6.07) is 9.32. The van der Waals surface area contributed by atoms with Crippen LogP contribution in [-0.4, -0.2) is 52.6 Å². The van der Waals surface area contributed by atoms with Crippen LogP contribution in [0.1, 0.15) is 35.7 Å². The topological polar surface area (TPSA) is 109 Å². The lowest BCUT2D eigenvalue weighted by molar-refractivity contribution is -0.131. The molecule has 2 amide bonds. The number of rotatable bonds is 5. The predicted molar refractivity (Wildman–Crippen MR) is 111 cm³/mol. The Kier molecular flexibility index (Phi) is 5.74. The SMILES string of the molecule is Cc1ccc(C#Cc2cc3n(c2)C(=O)N(CC[C@](C)(C(=O)NO)S(C)(=O)=O)C3)cc1. The number of nitrogens with one attached hydrogen (secondary N) is 1. The van der Waals surface area contributed by atoms with Crippen molar-refractivity contribution in [1.82, 2.24) is 14.9 Å². The van der Waals surface area contributed by atoms with Crippen molar-refractivity contribution in [3.05, 3.63) is 58.9 Å². The molecular formula is C21H23N3O5S. The summed E-state index contributed by atoms with van der Waals surface area (Å²) in [5.74, 6) is 5.08. The maximum atomic E-state index is 12.7. The summed E-state index contributed by atoms with van der Waals surface area (Å²) in [4.78, 5) is 26.1. The highest BCUT2D eigenvalue weighted by Crippen LogP contribution is 2.25. The van der Waals surface area contributed by atoms with Gasteiger partial charge in [-0.3, -0.25) is 14.6 Å². The van der Waals surface area contributed by atoms with E-state index in [-0.39, 0.29) is 25.5 Å². The van der Waals surface area contributed by atoms with E-state index in [1.165, 1.54) is 21.9 Å². The molecule has 0 radical (unpaired) electrons. The number of nitrogens with zero attached hydrogens (tertiary/aromatic N) is 2. The summed E-state index contributed by atoms with van der Waals surface area (Å²) in [6.07, 6.45) is 2.43. The van der Waals surface area contributed by atoms with Crippen LogP contribution in [0.5, 0.6) is 0 Å². The number of fused-ring (bicyclic) bond motifs is 1. The first-order chi connectivity index (χ1) is 14.0. The Hall–Kier alpha value is -3.09. The van der Waals surface area contributed by atoms with E-state index >= 15 is 0 Å². The van der Waals surface area contributed by atoms with E-state index in [4.69, 9.17) is 5.21 Å². The highest BCUT2D eigenvalue weighted by atomic mass is 32.2. The number of benzene rings is 1. The Bertz CT molecular complexity index is 1160. The van der Waals surface area contributed by atoms with Crippen molar-refractivity contribution in [3.8, 4) is 11.8 Å². The second-order valence-corrected chi connectivity index (χ2v) is 10.0. The van der Waals surface area contributed by atoms with Crippen LogP contribution in [0.3, 0.4) is 0 Å². The van der Waals surface area contributed by atoms with Gasteiger partial charge in [0.2, 0.25) is 0 Å². The monoisotopic (exact) mass is 429 g/mol. The zero-order valence-corrected chi connectivity index (χ0v) is 17.8. The minimum absolute atomic E-state index is 0.0435. The zero-order valence-electron chi connectivity index (χ0n) is 17.0. The summed E-state index contributed by atoms with van der Waals surface area (Å²) in [7, 11) is -3.82. The molecule has 30 heavy (non-hydrogen) atoms. The summed E-state index contributed by atoms with van der Waals surface area (Å²) in [5.41, 5.74) is 4.88. The van der Waals surface area contributed by atoms with Crippen LogP contribution in [0.2, 0.25) is 0 Å². The molecule has 1 aromatic carbocycles. The molecule has 0 bridgehead atoms. The number of aromatic nitrogens is 1. The van der Waals surface area contributed by atoms with Crippen LogP contribution in [0.25, 0.3) is 0 Å². The normalized spacial score (nSPS) is 15.2. The fourth-order valence-corrected chi connectivity index (χ4v) is 4.03. The highest BCUT2D eigenvalue weighted by molar-refractivity contribution is 7.92. The number of hydrogen-bond acceptors (Lipinski definition) is 5. The zero-order chi connectivity index (χ0) is 22.1. The number of sulfone groups is 1. The summed E-state index contributed by atoms with van der Waals surface area (Å²) in [6.45, 7) is 3.56. The molecular weight excluding hydrogens is 406 g/mol. The maximum absolute atomic E-state index is 12.7. The molecule has 1 aliphatic rings. The van der Waals surface area contributed by atoms with Gasteiger partial charge in [0.1, 0.15) is 0 Å². The minimum atomic E-state index is -3.82. The van der Waals surface area contributed by atoms with E-state index in [9.17, 15) is 18.0 Å². The second kappa shape index (κ2) is 7.97. The Morgan fingerprint density at radius 2 is 1.87 bits per heavy atom. The molecule has 3 rings (SSSR count). The van der Waals surface area contributed by atoms with E-state index < -0.39 is 20.5 Å². The molecule has 1 aliphatic heterocycles. The molecule has 2 heterocycles. The smallest absolute Gasteiger partial charge is 0.318 e. The molecule has 9 heteroatoms. The van der Waals surface area contributed by atoms with E-state index in [1.54, 1.807) is 6.20 Å². The molecule has 0 saturated carbocycles. The summed E-state index contributed by atoms with van der Waals surface area (Å²) in [5, 5.41) is 8.90. The highest BCUT2D eigenvalue weighted by Gasteiger charge is 2.44. The summed E-state index contributed by atoms with van der Waals surface area (Å²) >= 11 is 0. The molecule has 8 nitrogen and oxygen atoms in total. The van der Waals surface area contributed by atoms with Gasteiger partial charge in [-0.1, -0.05) is 29.5 Å². The third kappa shape index (κ3) is 4.10. The van der Waals surface area contributed by atoms with E-state index in [0.717, 1.165) is 23.1 Å².